The molecule has 0 aromatic carbocycles. The molecule has 4 heteroatoms. The number of likely N-dealkylation sites (N-methyl/N-ethyl adjacent to an activating group) is 1. The van der Waals surface area contributed by atoms with E-state index in [2.05, 4.69) is 11.9 Å². The van der Waals surface area contributed by atoms with Crippen LogP contribution in [0.25, 0.3) is 0 Å². The Bertz CT molecular complexity index is 254. The highest BCUT2D eigenvalue weighted by molar-refractivity contribution is 4.93. The maximum atomic E-state index is 6.31. The van der Waals surface area contributed by atoms with E-state index in [1.807, 2.05) is 0 Å². The van der Waals surface area contributed by atoms with Crippen molar-refractivity contribution >= 4 is 0 Å². The first kappa shape index (κ1) is 14.3. The van der Waals surface area contributed by atoms with Crippen LogP contribution in [0.5, 0.6) is 0 Å². The monoisotopic (exact) mass is 256 g/mol. The molecule has 1 aliphatic carbocycles. The van der Waals surface area contributed by atoms with Gasteiger partial charge in [0.15, 0.2) is 0 Å². The molecule has 2 fully saturated rings. The molecule has 1 aliphatic heterocycles. The summed E-state index contributed by atoms with van der Waals surface area (Å²) in [6.07, 6.45) is 8.12. The fourth-order valence-corrected chi connectivity index (χ4v) is 3.50. The minimum atomic E-state index is 0.0989. The second-order valence-electron chi connectivity index (χ2n) is 6.11. The largest absolute Gasteiger partial charge is 0.383 e. The maximum absolute atomic E-state index is 6.31. The Morgan fingerprint density at radius 3 is 2.78 bits per heavy atom. The molecule has 2 rings (SSSR count). The van der Waals surface area contributed by atoms with Crippen LogP contribution in [-0.2, 0) is 9.47 Å². The van der Waals surface area contributed by atoms with Gasteiger partial charge in [-0.1, -0.05) is 12.8 Å². The minimum Gasteiger partial charge on any atom is -0.383 e. The number of rotatable bonds is 6. The molecular formula is C14H28N2O2. The van der Waals surface area contributed by atoms with E-state index in [9.17, 15) is 0 Å². The lowest BCUT2D eigenvalue weighted by Gasteiger charge is -2.27. The second kappa shape index (κ2) is 6.33. The molecule has 1 saturated heterocycles. The van der Waals surface area contributed by atoms with E-state index in [0.29, 0.717) is 12.7 Å². The summed E-state index contributed by atoms with van der Waals surface area (Å²) in [5.74, 6) is 0. The number of nitrogens with zero attached hydrogens (tertiary/aromatic N) is 1. The predicted molar refractivity (Wildman–Crippen MR) is 72.7 cm³/mol. The first-order valence-corrected chi connectivity index (χ1v) is 7.24. The molecule has 1 heterocycles. The molecule has 2 unspecified atom stereocenters. The van der Waals surface area contributed by atoms with Crippen molar-refractivity contribution in [3.05, 3.63) is 0 Å². The van der Waals surface area contributed by atoms with Gasteiger partial charge in [0.1, 0.15) is 0 Å². The van der Waals surface area contributed by atoms with Crippen LogP contribution in [0.4, 0.5) is 0 Å². The van der Waals surface area contributed by atoms with Crippen LogP contribution in [0.3, 0.4) is 0 Å². The first-order chi connectivity index (χ1) is 8.63. The molecule has 2 atom stereocenters. The van der Waals surface area contributed by atoms with Crippen molar-refractivity contribution in [2.75, 3.05) is 33.9 Å². The molecule has 0 aromatic rings. The fraction of sp³-hybridized carbons (Fsp3) is 1.00. The van der Waals surface area contributed by atoms with E-state index in [-0.39, 0.29) is 11.6 Å². The number of hydrogen-bond acceptors (Lipinski definition) is 4. The zero-order valence-electron chi connectivity index (χ0n) is 11.9. The molecule has 1 saturated carbocycles. The Morgan fingerprint density at radius 1 is 1.39 bits per heavy atom. The van der Waals surface area contributed by atoms with Gasteiger partial charge in [-0.05, 0) is 32.7 Å². The Labute approximate surface area is 111 Å². The van der Waals surface area contributed by atoms with Crippen LogP contribution in [0.15, 0.2) is 0 Å². The molecule has 2 aliphatic rings. The van der Waals surface area contributed by atoms with E-state index in [0.717, 1.165) is 13.1 Å². The van der Waals surface area contributed by atoms with Crippen LogP contribution in [0.2, 0.25) is 0 Å². The van der Waals surface area contributed by atoms with Gasteiger partial charge in [-0.2, -0.15) is 0 Å². The van der Waals surface area contributed by atoms with E-state index >= 15 is 0 Å². The molecule has 0 bridgehead atoms. The summed E-state index contributed by atoms with van der Waals surface area (Å²) in [5, 5.41) is 0. The molecule has 4 nitrogen and oxygen atoms in total. The SMILES string of the molecule is COCC(N)CN(C)CC1CCC2(CCCC2)O1. The number of nitrogens with two attached hydrogens (primary N) is 1. The van der Waals surface area contributed by atoms with Crippen molar-refractivity contribution in [1.29, 1.82) is 0 Å². The Balaban J connectivity index is 1.70. The van der Waals surface area contributed by atoms with Crippen LogP contribution in [0.1, 0.15) is 38.5 Å². The van der Waals surface area contributed by atoms with Crippen molar-refractivity contribution in [1.82, 2.24) is 4.90 Å². The van der Waals surface area contributed by atoms with Crippen molar-refractivity contribution in [2.45, 2.75) is 56.3 Å². The summed E-state index contributed by atoms with van der Waals surface area (Å²) in [6, 6.07) is 0.0989. The Kier molecular flexibility index (Phi) is 5.01. The normalized spacial score (nSPS) is 28.3. The summed E-state index contributed by atoms with van der Waals surface area (Å²) < 4.78 is 11.4. The smallest absolute Gasteiger partial charge is 0.0710 e. The lowest BCUT2D eigenvalue weighted by Crippen LogP contribution is -2.41. The summed E-state index contributed by atoms with van der Waals surface area (Å²) in [5.41, 5.74) is 6.22. The van der Waals surface area contributed by atoms with Gasteiger partial charge in [-0.3, -0.25) is 0 Å². The topological polar surface area (TPSA) is 47.7 Å². The molecule has 1 spiro atoms. The molecule has 106 valence electrons. The lowest BCUT2D eigenvalue weighted by atomic mass is 9.98. The maximum Gasteiger partial charge on any atom is 0.0710 e. The lowest BCUT2D eigenvalue weighted by molar-refractivity contribution is -0.0457. The standard InChI is InChI=1S/C14H28N2O2/c1-16(9-12(15)11-17-2)10-13-5-8-14(18-13)6-3-4-7-14/h12-13H,3-11,15H2,1-2H3. The second-order valence-corrected chi connectivity index (χ2v) is 6.11. The summed E-state index contributed by atoms with van der Waals surface area (Å²) in [6.45, 7) is 2.50. The van der Waals surface area contributed by atoms with Gasteiger partial charge in [0.05, 0.1) is 18.3 Å². The number of ether oxygens (including phenoxy) is 2. The number of hydrogen-bond donors (Lipinski definition) is 1. The highest BCUT2D eigenvalue weighted by atomic mass is 16.5. The van der Waals surface area contributed by atoms with E-state index in [1.165, 1.54) is 38.5 Å². The average molecular weight is 256 g/mol. The van der Waals surface area contributed by atoms with Crippen molar-refractivity contribution in [3.63, 3.8) is 0 Å². The van der Waals surface area contributed by atoms with Gasteiger partial charge in [-0.25, -0.2) is 0 Å². The van der Waals surface area contributed by atoms with Crippen molar-refractivity contribution in [2.24, 2.45) is 5.73 Å². The van der Waals surface area contributed by atoms with E-state index in [1.54, 1.807) is 7.11 Å². The van der Waals surface area contributed by atoms with Gasteiger partial charge in [0.2, 0.25) is 0 Å². The zero-order chi connectivity index (χ0) is 13.0. The van der Waals surface area contributed by atoms with Crippen LogP contribution in [0, 0.1) is 0 Å². The summed E-state index contributed by atoms with van der Waals surface area (Å²) in [4.78, 5) is 2.28. The third kappa shape index (κ3) is 3.67. The van der Waals surface area contributed by atoms with Gasteiger partial charge in [0, 0.05) is 26.2 Å². The molecule has 0 radical (unpaired) electrons. The third-order valence-electron chi connectivity index (χ3n) is 4.30. The highest BCUT2D eigenvalue weighted by Crippen LogP contribution is 2.43. The van der Waals surface area contributed by atoms with Crippen molar-refractivity contribution in [3.8, 4) is 0 Å². The van der Waals surface area contributed by atoms with E-state index in [4.69, 9.17) is 15.2 Å². The first-order valence-electron chi connectivity index (χ1n) is 7.24. The quantitative estimate of drug-likeness (QED) is 0.780. The molecule has 2 N–H and O–H groups in total. The average Bonchev–Trinajstić information content (AvgIpc) is 2.90. The molecule has 18 heavy (non-hydrogen) atoms. The molecular weight excluding hydrogens is 228 g/mol. The Hall–Kier alpha value is -0.160. The van der Waals surface area contributed by atoms with Gasteiger partial charge >= 0.3 is 0 Å². The van der Waals surface area contributed by atoms with Gasteiger partial charge < -0.3 is 20.1 Å². The predicted octanol–water partition coefficient (Wildman–Crippen LogP) is 1.38. The van der Waals surface area contributed by atoms with Gasteiger partial charge in [-0.15, -0.1) is 0 Å². The highest BCUT2D eigenvalue weighted by Gasteiger charge is 2.42. The van der Waals surface area contributed by atoms with Crippen LogP contribution >= 0.6 is 0 Å². The van der Waals surface area contributed by atoms with Crippen LogP contribution in [-0.4, -0.2) is 56.5 Å². The number of methoxy groups -OCH3 is 1. The Morgan fingerprint density at radius 2 is 2.11 bits per heavy atom. The molecule has 0 amide bonds. The van der Waals surface area contributed by atoms with E-state index < -0.39 is 0 Å². The molecule has 0 aromatic heterocycles. The minimum absolute atomic E-state index is 0.0989. The summed E-state index contributed by atoms with van der Waals surface area (Å²) in [7, 11) is 3.82. The summed E-state index contributed by atoms with van der Waals surface area (Å²) >= 11 is 0. The van der Waals surface area contributed by atoms with Gasteiger partial charge in [0.25, 0.3) is 0 Å². The third-order valence-corrected chi connectivity index (χ3v) is 4.30. The zero-order valence-corrected chi connectivity index (χ0v) is 11.9. The fourth-order valence-electron chi connectivity index (χ4n) is 3.50. The van der Waals surface area contributed by atoms with Crippen LogP contribution < -0.4 is 5.73 Å². The van der Waals surface area contributed by atoms with Crippen molar-refractivity contribution < 1.29 is 9.47 Å².